The Morgan fingerprint density at radius 3 is 2.36 bits per heavy atom. The van der Waals surface area contributed by atoms with Gasteiger partial charge < -0.3 is 20.1 Å². The molecular formula is C30H39ClN2O3. The summed E-state index contributed by atoms with van der Waals surface area (Å²) < 4.78 is 11.7. The largest absolute Gasteiger partial charge is 0.490 e. The number of carbonyl (C=O) groups is 1. The Bertz CT molecular complexity index is 1110. The zero-order valence-corrected chi connectivity index (χ0v) is 22.8. The van der Waals surface area contributed by atoms with Gasteiger partial charge in [-0.3, -0.25) is 4.79 Å². The third kappa shape index (κ3) is 5.38. The highest BCUT2D eigenvalue weighted by Crippen LogP contribution is 2.66. The maximum absolute atomic E-state index is 12.4. The van der Waals surface area contributed by atoms with Gasteiger partial charge >= 0.3 is 0 Å². The molecule has 0 heterocycles. The van der Waals surface area contributed by atoms with Gasteiger partial charge in [0.2, 0.25) is 0 Å². The molecule has 5 nitrogen and oxygen atoms in total. The number of ether oxygens (including phenoxy) is 2. The van der Waals surface area contributed by atoms with Crippen LogP contribution in [0.15, 0.2) is 36.4 Å². The second kappa shape index (κ2) is 9.57. The molecule has 2 aromatic rings. The van der Waals surface area contributed by atoms with Crippen LogP contribution in [-0.4, -0.2) is 24.7 Å². The molecule has 0 saturated heterocycles. The van der Waals surface area contributed by atoms with Crippen molar-refractivity contribution in [1.29, 1.82) is 0 Å². The molecule has 2 N–H and O–H groups in total. The average molecular weight is 511 g/mol. The van der Waals surface area contributed by atoms with Gasteiger partial charge in [-0.25, -0.2) is 0 Å². The normalized spacial score (nSPS) is 30.3. The van der Waals surface area contributed by atoms with E-state index < -0.39 is 0 Å². The molecule has 36 heavy (non-hydrogen) atoms. The van der Waals surface area contributed by atoms with E-state index in [9.17, 15) is 4.79 Å². The maximum Gasteiger partial charge on any atom is 0.262 e. The van der Waals surface area contributed by atoms with Crippen LogP contribution in [0.2, 0.25) is 5.02 Å². The third-order valence-corrected chi connectivity index (χ3v) is 8.63. The minimum atomic E-state index is -0.244. The topological polar surface area (TPSA) is 59.6 Å². The van der Waals surface area contributed by atoms with E-state index in [4.69, 9.17) is 21.1 Å². The molecule has 4 bridgehead atoms. The molecule has 4 atom stereocenters. The second-order valence-electron chi connectivity index (χ2n) is 12.3. The molecule has 0 spiro atoms. The van der Waals surface area contributed by atoms with Crippen molar-refractivity contribution in [3.63, 3.8) is 0 Å². The minimum absolute atomic E-state index is 0.146. The van der Waals surface area contributed by atoms with E-state index in [1.54, 1.807) is 0 Å². The predicted molar refractivity (Wildman–Crippen MR) is 145 cm³/mol. The zero-order chi connectivity index (χ0) is 25.6. The quantitative estimate of drug-likeness (QED) is 0.385. The van der Waals surface area contributed by atoms with Crippen molar-refractivity contribution < 1.29 is 14.3 Å². The molecule has 194 valence electrons. The smallest absolute Gasteiger partial charge is 0.262 e. The van der Waals surface area contributed by atoms with Gasteiger partial charge in [-0.2, -0.15) is 0 Å². The summed E-state index contributed by atoms with van der Waals surface area (Å²) in [4.78, 5) is 12.4. The molecule has 0 aromatic heterocycles. The molecule has 4 saturated carbocycles. The van der Waals surface area contributed by atoms with E-state index in [1.807, 2.05) is 50.2 Å². The Morgan fingerprint density at radius 1 is 1.03 bits per heavy atom. The molecule has 6 heteroatoms. The van der Waals surface area contributed by atoms with Crippen LogP contribution in [0.5, 0.6) is 11.5 Å². The lowest BCUT2D eigenvalue weighted by Crippen LogP contribution is -2.63. The van der Waals surface area contributed by atoms with Crippen molar-refractivity contribution in [1.82, 2.24) is 5.32 Å². The van der Waals surface area contributed by atoms with Gasteiger partial charge in [-0.15, -0.1) is 0 Å². The van der Waals surface area contributed by atoms with Crippen molar-refractivity contribution in [3.8, 4) is 11.5 Å². The summed E-state index contributed by atoms with van der Waals surface area (Å²) >= 11 is 6.67. The van der Waals surface area contributed by atoms with E-state index in [1.165, 1.54) is 38.5 Å². The second-order valence-corrected chi connectivity index (χ2v) is 12.7. The summed E-state index contributed by atoms with van der Waals surface area (Å²) in [5.41, 5.74) is 4.09. The monoisotopic (exact) mass is 510 g/mol. The summed E-state index contributed by atoms with van der Waals surface area (Å²) in [5, 5.41) is 7.29. The summed E-state index contributed by atoms with van der Waals surface area (Å²) in [6.07, 6.45) is 7.93. The molecule has 1 amide bonds. The summed E-state index contributed by atoms with van der Waals surface area (Å²) in [6.45, 7) is 10.0. The highest BCUT2D eigenvalue weighted by Gasteiger charge is 2.59. The highest BCUT2D eigenvalue weighted by atomic mass is 35.5. The Labute approximate surface area is 220 Å². The van der Waals surface area contributed by atoms with Crippen LogP contribution in [0.1, 0.15) is 70.4 Å². The number of hydrogen-bond acceptors (Lipinski definition) is 4. The fraction of sp³-hybridized carbons (Fsp3) is 0.567. The summed E-state index contributed by atoms with van der Waals surface area (Å²) in [7, 11) is 0. The average Bonchev–Trinajstić information content (AvgIpc) is 2.76. The Morgan fingerprint density at radius 2 is 1.72 bits per heavy atom. The van der Waals surface area contributed by atoms with Crippen LogP contribution in [0.25, 0.3) is 0 Å². The van der Waals surface area contributed by atoms with Crippen LogP contribution in [0.4, 0.5) is 5.69 Å². The Hall–Kier alpha value is -2.24. The summed E-state index contributed by atoms with van der Waals surface area (Å²) in [5.74, 6) is 1.59. The van der Waals surface area contributed by atoms with Gasteiger partial charge in [0.05, 0.1) is 11.6 Å². The van der Waals surface area contributed by atoms with Crippen LogP contribution >= 0.6 is 11.6 Å². The van der Waals surface area contributed by atoms with Crippen molar-refractivity contribution >= 4 is 23.2 Å². The highest BCUT2D eigenvalue weighted by molar-refractivity contribution is 6.32. The first-order valence-electron chi connectivity index (χ1n) is 13.3. The SMILES string of the molecule is CCOc1cc(CNC23CC4C[C@@](C)(C2)C[C@](C)(C4)C3)cc(Cl)c1OCC(=O)Nc1ccc(C)cc1. The van der Waals surface area contributed by atoms with Crippen molar-refractivity contribution in [3.05, 3.63) is 52.5 Å². The van der Waals surface area contributed by atoms with E-state index >= 15 is 0 Å². The molecule has 0 radical (unpaired) electrons. The van der Waals surface area contributed by atoms with Gasteiger partial charge in [-0.05, 0) is 98.9 Å². The van der Waals surface area contributed by atoms with Gasteiger partial charge in [-0.1, -0.05) is 43.1 Å². The lowest BCUT2D eigenvalue weighted by atomic mass is 9.43. The molecule has 4 fully saturated rings. The Kier molecular flexibility index (Phi) is 6.76. The van der Waals surface area contributed by atoms with Gasteiger partial charge in [0.1, 0.15) is 0 Å². The molecule has 2 aromatic carbocycles. The fourth-order valence-electron chi connectivity index (χ4n) is 8.03. The number of rotatable bonds is 9. The minimum Gasteiger partial charge on any atom is -0.490 e. The number of hydrogen-bond donors (Lipinski definition) is 2. The van der Waals surface area contributed by atoms with Crippen LogP contribution in [0.3, 0.4) is 0 Å². The first-order valence-corrected chi connectivity index (χ1v) is 13.7. The number of anilines is 1. The Balaban J connectivity index is 1.25. The van der Waals surface area contributed by atoms with E-state index in [0.717, 1.165) is 29.3 Å². The van der Waals surface area contributed by atoms with Crippen molar-refractivity contribution in [2.45, 2.75) is 78.3 Å². The van der Waals surface area contributed by atoms with E-state index in [0.29, 0.717) is 34.0 Å². The lowest BCUT2D eigenvalue weighted by molar-refractivity contribution is -0.118. The maximum atomic E-state index is 12.4. The molecule has 2 unspecified atom stereocenters. The van der Waals surface area contributed by atoms with E-state index in [-0.39, 0.29) is 18.1 Å². The summed E-state index contributed by atoms with van der Waals surface area (Å²) in [6, 6.07) is 11.6. The first kappa shape index (κ1) is 25.4. The lowest BCUT2D eigenvalue weighted by Gasteiger charge is -2.65. The molecule has 0 aliphatic heterocycles. The molecular weight excluding hydrogens is 472 g/mol. The standard InChI is InChI=1S/C30H39ClN2O3/c1-5-35-25-11-21(15-32-30-14-22-12-28(3,18-30)17-29(4,13-22)19-30)10-24(31)27(25)36-16-26(34)33-23-8-6-20(2)7-9-23/h6-11,22,32H,5,12-19H2,1-4H3,(H,33,34)/t22?,28-,29+,30?. The van der Waals surface area contributed by atoms with Gasteiger partial charge in [0, 0.05) is 17.8 Å². The molecule has 4 aliphatic rings. The number of nitrogens with one attached hydrogen (secondary N) is 2. The predicted octanol–water partition coefficient (Wildman–Crippen LogP) is 6.90. The van der Waals surface area contributed by atoms with Gasteiger partial charge in [0.25, 0.3) is 5.91 Å². The third-order valence-electron chi connectivity index (χ3n) is 8.35. The van der Waals surface area contributed by atoms with Crippen LogP contribution < -0.4 is 20.1 Å². The van der Waals surface area contributed by atoms with Crippen molar-refractivity contribution in [2.24, 2.45) is 16.7 Å². The van der Waals surface area contributed by atoms with Gasteiger partial charge in [0.15, 0.2) is 18.1 Å². The van der Waals surface area contributed by atoms with Crippen molar-refractivity contribution in [2.75, 3.05) is 18.5 Å². The van der Waals surface area contributed by atoms with Crippen LogP contribution in [0, 0.1) is 23.7 Å². The van der Waals surface area contributed by atoms with Crippen LogP contribution in [-0.2, 0) is 11.3 Å². The number of carbonyl (C=O) groups excluding carboxylic acids is 1. The molecule has 4 aliphatic carbocycles. The number of amides is 1. The zero-order valence-electron chi connectivity index (χ0n) is 22.0. The number of benzene rings is 2. The van der Waals surface area contributed by atoms with E-state index in [2.05, 4.69) is 24.5 Å². The number of halogens is 1. The fourth-order valence-corrected chi connectivity index (χ4v) is 8.32. The molecule has 6 rings (SSSR count). The first-order chi connectivity index (χ1) is 17.1. The number of aryl methyl sites for hydroxylation is 1.